The lowest BCUT2D eigenvalue weighted by Crippen LogP contribution is -2.49. The van der Waals surface area contributed by atoms with Gasteiger partial charge in [0.15, 0.2) is 0 Å². The van der Waals surface area contributed by atoms with Crippen molar-refractivity contribution < 1.29 is 4.79 Å². The van der Waals surface area contributed by atoms with Crippen LogP contribution < -0.4 is 10.6 Å². The molecule has 0 bridgehead atoms. The third-order valence-electron chi connectivity index (χ3n) is 2.31. The monoisotopic (exact) mass is 322 g/mol. The van der Waals surface area contributed by atoms with Crippen LogP contribution in [-0.4, -0.2) is 15.9 Å². The lowest BCUT2D eigenvalue weighted by Gasteiger charge is -2.27. The van der Waals surface area contributed by atoms with Crippen LogP contribution in [0.5, 0.6) is 0 Å². The molecule has 2 N–H and O–H groups in total. The maximum absolute atomic E-state index is 11.8. The van der Waals surface area contributed by atoms with Crippen LogP contribution in [0.15, 0.2) is 30.3 Å². The summed E-state index contributed by atoms with van der Waals surface area (Å²) in [5.41, 5.74) is 0.767. The molecule has 0 heterocycles. The highest BCUT2D eigenvalue weighted by atomic mass is 35.6. The number of anilines is 1. The fourth-order valence-corrected chi connectivity index (χ4v) is 1.82. The maximum Gasteiger partial charge on any atom is 0.228 e. The smallest absolute Gasteiger partial charge is 0.228 e. The van der Waals surface area contributed by atoms with Gasteiger partial charge in [-0.25, -0.2) is 0 Å². The molecule has 1 amide bonds. The van der Waals surface area contributed by atoms with Crippen LogP contribution in [0.3, 0.4) is 0 Å². The van der Waals surface area contributed by atoms with Crippen molar-refractivity contribution in [2.45, 2.75) is 30.2 Å². The second-order valence-corrected chi connectivity index (χ2v) is 7.02. The van der Waals surface area contributed by atoms with Gasteiger partial charge >= 0.3 is 0 Å². The molecule has 1 aromatic rings. The Hall–Kier alpha value is -0.640. The molecule has 0 fully saturated rings. The Bertz CT molecular complexity index is 404. The molecule has 6 heteroatoms. The largest absolute Gasteiger partial charge is 0.362 e. The Morgan fingerprint density at radius 3 is 2.26 bits per heavy atom. The Labute approximate surface area is 128 Å². The molecule has 0 aliphatic carbocycles. The quantitative estimate of drug-likeness (QED) is 0.636. The molecule has 106 valence electrons. The van der Waals surface area contributed by atoms with E-state index in [1.165, 1.54) is 0 Å². The molecule has 0 saturated heterocycles. The van der Waals surface area contributed by atoms with Crippen molar-refractivity contribution in [3.8, 4) is 0 Å². The summed E-state index contributed by atoms with van der Waals surface area (Å²) in [6.07, 6.45) is -0.403. The van der Waals surface area contributed by atoms with Crippen molar-refractivity contribution in [2.24, 2.45) is 5.92 Å². The molecule has 1 rings (SSSR count). The van der Waals surface area contributed by atoms with Gasteiger partial charge in [-0.2, -0.15) is 0 Å². The van der Waals surface area contributed by atoms with E-state index in [-0.39, 0.29) is 11.8 Å². The predicted molar refractivity (Wildman–Crippen MR) is 81.7 cm³/mol. The Balaban J connectivity index is 2.71. The SMILES string of the molecule is CC(C)CC(=O)NC(Nc1ccccc1)C(Cl)(Cl)Cl. The minimum atomic E-state index is -1.64. The molecular formula is C13H17Cl3N2O. The van der Waals surface area contributed by atoms with Gasteiger partial charge in [0.2, 0.25) is 9.70 Å². The zero-order valence-corrected chi connectivity index (χ0v) is 13.1. The van der Waals surface area contributed by atoms with Crippen molar-refractivity contribution in [1.29, 1.82) is 0 Å². The normalized spacial score (nSPS) is 13.2. The van der Waals surface area contributed by atoms with Gasteiger partial charge in [-0.1, -0.05) is 66.8 Å². The summed E-state index contributed by atoms with van der Waals surface area (Å²) in [6, 6.07) is 9.25. The van der Waals surface area contributed by atoms with E-state index < -0.39 is 9.96 Å². The molecule has 19 heavy (non-hydrogen) atoms. The maximum atomic E-state index is 11.8. The number of alkyl halides is 3. The third-order valence-corrected chi connectivity index (χ3v) is 2.97. The molecule has 0 aliphatic rings. The number of nitrogens with one attached hydrogen (secondary N) is 2. The average Bonchev–Trinajstić information content (AvgIpc) is 2.27. The van der Waals surface area contributed by atoms with Crippen molar-refractivity contribution >= 4 is 46.4 Å². The van der Waals surface area contributed by atoms with Crippen LogP contribution in [0, 0.1) is 5.92 Å². The Morgan fingerprint density at radius 2 is 1.79 bits per heavy atom. The van der Waals surface area contributed by atoms with Crippen molar-refractivity contribution in [3.05, 3.63) is 30.3 Å². The van der Waals surface area contributed by atoms with E-state index >= 15 is 0 Å². The van der Waals surface area contributed by atoms with Gasteiger partial charge in [0.25, 0.3) is 0 Å². The molecule has 1 atom stereocenters. The number of hydrogen-bond donors (Lipinski definition) is 2. The third kappa shape index (κ3) is 6.37. The van der Waals surface area contributed by atoms with Crippen LogP contribution in [0.1, 0.15) is 20.3 Å². The Kier molecular flexibility index (Phi) is 6.24. The minimum absolute atomic E-state index is 0.158. The first kappa shape index (κ1) is 16.4. The van der Waals surface area contributed by atoms with Crippen molar-refractivity contribution in [3.63, 3.8) is 0 Å². The topological polar surface area (TPSA) is 41.1 Å². The number of rotatable bonds is 5. The first-order chi connectivity index (χ1) is 8.79. The summed E-state index contributed by atoms with van der Waals surface area (Å²) >= 11 is 17.7. The average molecular weight is 324 g/mol. The van der Waals surface area contributed by atoms with Gasteiger partial charge in [-0.3, -0.25) is 4.79 Å². The lowest BCUT2D eigenvalue weighted by molar-refractivity contribution is -0.122. The number of amides is 1. The van der Waals surface area contributed by atoms with Gasteiger partial charge in [0.1, 0.15) is 6.17 Å². The minimum Gasteiger partial charge on any atom is -0.362 e. The van der Waals surface area contributed by atoms with Gasteiger partial charge in [0.05, 0.1) is 0 Å². The van der Waals surface area contributed by atoms with Crippen molar-refractivity contribution in [2.75, 3.05) is 5.32 Å². The van der Waals surface area contributed by atoms with Crippen LogP contribution in [0.2, 0.25) is 0 Å². The highest BCUT2D eigenvalue weighted by Gasteiger charge is 2.34. The number of halogens is 3. The molecule has 0 saturated carbocycles. The predicted octanol–water partition coefficient (Wildman–Crippen LogP) is 3.96. The Morgan fingerprint density at radius 1 is 1.21 bits per heavy atom. The van der Waals surface area contributed by atoms with Gasteiger partial charge in [-0.05, 0) is 18.1 Å². The summed E-state index contributed by atoms with van der Waals surface area (Å²) in [5.74, 6) is 0.0857. The van der Waals surface area contributed by atoms with E-state index in [9.17, 15) is 4.79 Å². The lowest BCUT2D eigenvalue weighted by atomic mass is 10.1. The molecule has 0 radical (unpaired) electrons. The van der Waals surface area contributed by atoms with E-state index in [0.29, 0.717) is 6.42 Å². The number of para-hydroxylation sites is 1. The zero-order valence-electron chi connectivity index (χ0n) is 10.8. The standard InChI is InChI=1S/C13H17Cl3N2O/c1-9(2)8-11(19)18-12(13(14,15)16)17-10-6-4-3-5-7-10/h3-7,9,12,17H,8H2,1-2H3,(H,18,19). The number of benzene rings is 1. The summed E-state index contributed by atoms with van der Waals surface area (Å²) in [6.45, 7) is 3.91. The molecule has 0 aromatic heterocycles. The molecular weight excluding hydrogens is 307 g/mol. The number of carbonyl (C=O) groups excluding carboxylic acids is 1. The summed E-state index contributed by atoms with van der Waals surface area (Å²) in [4.78, 5) is 11.8. The van der Waals surface area contributed by atoms with Gasteiger partial charge < -0.3 is 10.6 Å². The van der Waals surface area contributed by atoms with E-state index in [1.807, 2.05) is 44.2 Å². The number of hydrogen-bond acceptors (Lipinski definition) is 2. The van der Waals surface area contributed by atoms with E-state index in [2.05, 4.69) is 10.6 Å². The fraction of sp³-hybridized carbons (Fsp3) is 0.462. The summed E-state index contributed by atoms with van der Waals surface area (Å²) in [5, 5.41) is 5.69. The highest BCUT2D eigenvalue weighted by molar-refractivity contribution is 6.68. The van der Waals surface area contributed by atoms with E-state index in [4.69, 9.17) is 34.8 Å². The first-order valence-electron chi connectivity index (χ1n) is 5.96. The highest BCUT2D eigenvalue weighted by Crippen LogP contribution is 2.31. The van der Waals surface area contributed by atoms with Crippen LogP contribution >= 0.6 is 34.8 Å². The molecule has 0 aliphatic heterocycles. The molecule has 3 nitrogen and oxygen atoms in total. The number of carbonyl (C=O) groups is 1. The van der Waals surface area contributed by atoms with Crippen LogP contribution in [0.4, 0.5) is 5.69 Å². The van der Waals surface area contributed by atoms with Crippen LogP contribution in [0.25, 0.3) is 0 Å². The fourth-order valence-electron chi connectivity index (χ4n) is 1.49. The first-order valence-corrected chi connectivity index (χ1v) is 7.10. The van der Waals surface area contributed by atoms with Gasteiger partial charge in [0, 0.05) is 12.1 Å². The second kappa shape index (κ2) is 7.22. The van der Waals surface area contributed by atoms with E-state index in [0.717, 1.165) is 5.69 Å². The molecule has 1 unspecified atom stereocenters. The zero-order chi connectivity index (χ0) is 14.5. The summed E-state index contributed by atoms with van der Waals surface area (Å²) in [7, 11) is 0. The summed E-state index contributed by atoms with van der Waals surface area (Å²) < 4.78 is -1.64. The molecule has 0 spiro atoms. The van der Waals surface area contributed by atoms with Gasteiger partial charge in [-0.15, -0.1) is 0 Å². The molecule has 1 aromatic carbocycles. The van der Waals surface area contributed by atoms with Crippen LogP contribution in [-0.2, 0) is 4.79 Å². The van der Waals surface area contributed by atoms with E-state index in [1.54, 1.807) is 0 Å². The van der Waals surface area contributed by atoms with Crippen molar-refractivity contribution in [1.82, 2.24) is 5.32 Å². The second-order valence-electron chi connectivity index (χ2n) is 4.65.